The molecule has 3 nitrogen and oxygen atoms in total. The van der Waals surface area contributed by atoms with Gasteiger partial charge in [0.2, 0.25) is 0 Å². The zero-order valence-corrected chi connectivity index (χ0v) is 10.5. The third-order valence-electron chi connectivity index (χ3n) is 3.35. The zero-order valence-electron chi connectivity index (χ0n) is 10.5. The number of piperidine rings is 1. The van der Waals surface area contributed by atoms with Gasteiger partial charge >= 0.3 is 0 Å². The Labute approximate surface area is 106 Å². The first-order valence-corrected chi connectivity index (χ1v) is 6.23. The molecule has 0 amide bonds. The SMILES string of the molecule is CN1CCCC(CNc2c(F)cc(N)cc2F)C1. The van der Waals surface area contributed by atoms with Crippen molar-refractivity contribution in [2.75, 3.05) is 37.7 Å². The lowest BCUT2D eigenvalue weighted by Crippen LogP contribution is -2.35. The minimum absolute atomic E-state index is 0.0718. The van der Waals surface area contributed by atoms with Gasteiger partial charge in [-0.1, -0.05) is 0 Å². The number of nitrogens with two attached hydrogens (primary N) is 1. The van der Waals surface area contributed by atoms with Crippen LogP contribution in [0.5, 0.6) is 0 Å². The van der Waals surface area contributed by atoms with Gasteiger partial charge in [-0.15, -0.1) is 0 Å². The molecule has 5 heteroatoms. The first kappa shape index (κ1) is 13.1. The highest BCUT2D eigenvalue weighted by molar-refractivity contribution is 5.54. The van der Waals surface area contributed by atoms with Gasteiger partial charge in [-0.2, -0.15) is 0 Å². The van der Waals surface area contributed by atoms with E-state index >= 15 is 0 Å². The molecule has 100 valence electrons. The second kappa shape index (κ2) is 5.52. The van der Waals surface area contributed by atoms with E-state index in [2.05, 4.69) is 17.3 Å². The van der Waals surface area contributed by atoms with Crippen LogP contribution in [-0.4, -0.2) is 31.6 Å². The Morgan fingerprint density at radius 2 is 2.06 bits per heavy atom. The van der Waals surface area contributed by atoms with Crippen molar-refractivity contribution in [1.29, 1.82) is 0 Å². The third-order valence-corrected chi connectivity index (χ3v) is 3.35. The van der Waals surface area contributed by atoms with E-state index < -0.39 is 11.6 Å². The van der Waals surface area contributed by atoms with Crippen LogP contribution in [0.3, 0.4) is 0 Å². The number of benzene rings is 1. The van der Waals surface area contributed by atoms with Crippen molar-refractivity contribution in [3.05, 3.63) is 23.8 Å². The maximum atomic E-state index is 13.5. The minimum Gasteiger partial charge on any atom is -0.399 e. The van der Waals surface area contributed by atoms with Crippen molar-refractivity contribution in [3.63, 3.8) is 0 Å². The highest BCUT2D eigenvalue weighted by atomic mass is 19.1. The van der Waals surface area contributed by atoms with E-state index in [1.54, 1.807) is 0 Å². The molecule has 1 fully saturated rings. The predicted molar refractivity (Wildman–Crippen MR) is 69.5 cm³/mol. The summed E-state index contributed by atoms with van der Waals surface area (Å²) < 4.78 is 27.1. The lowest BCUT2D eigenvalue weighted by atomic mass is 9.98. The Morgan fingerprint density at radius 1 is 1.39 bits per heavy atom. The summed E-state index contributed by atoms with van der Waals surface area (Å²) in [7, 11) is 2.07. The summed E-state index contributed by atoms with van der Waals surface area (Å²) in [4.78, 5) is 2.24. The molecule has 2 rings (SSSR count). The van der Waals surface area contributed by atoms with E-state index in [0.717, 1.165) is 38.1 Å². The minimum atomic E-state index is -0.628. The van der Waals surface area contributed by atoms with Crippen LogP contribution < -0.4 is 11.1 Å². The first-order chi connectivity index (χ1) is 8.56. The van der Waals surface area contributed by atoms with Crippen LogP contribution in [0.1, 0.15) is 12.8 Å². The van der Waals surface area contributed by atoms with Crippen LogP contribution in [0.25, 0.3) is 0 Å². The van der Waals surface area contributed by atoms with Crippen LogP contribution in [-0.2, 0) is 0 Å². The summed E-state index contributed by atoms with van der Waals surface area (Å²) in [6.07, 6.45) is 2.23. The number of halogens is 2. The molecule has 3 N–H and O–H groups in total. The van der Waals surface area contributed by atoms with Crippen LogP contribution in [0.2, 0.25) is 0 Å². The Kier molecular flexibility index (Phi) is 4.01. The fourth-order valence-electron chi connectivity index (χ4n) is 2.45. The van der Waals surface area contributed by atoms with Crippen LogP contribution in [0.4, 0.5) is 20.2 Å². The molecule has 1 atom stereocenters. The van der Waals surface area contributed by atoms with Gasteiger partial charge in [-0.05, 0) is 44.5 Å². The number of rotatable bonds is 3. The molecule has 0 aromatic heterocycles. The van der Waals surface area contributed by atoms with E-state index in [9.17, 15) is 8.78 Å². The number of hydrogen-bond donors (Lipinski definition) is 2. The highest BCUT2D eigenvalue weighted by Gasteiger charge is 2.18. The molecule has 1 aromatic rings. The quantitative estimate of drug-likeness (QED) is 0.814. The summed E-state index contributed by atoms with van der Waals surface area (Å²) in [5.41, 5.74) is 5.40. The number of nitrogen functional groups attached to an aromatic ring is 1. The van der Waals surface area contributed by atoms with E-state index in [1.165, 1.54) is 0 Å². The van der Waals surface area contributed by atoms with Crippen molar-refractivity contribution < 1.29 is 8.78 Å². The third kappa shape index (κ3) is 3.10. The lowest BCUT2D eigenvalue weighted by molar-refractivity contribution is 0.217. The topological polar surface area (TPSA) is 41.3 Å². The molecular formula is C13H19F2N3. The Bertz CT molecular complexity index is 400. The number of anilines is 2. The Balaban J connectivity index is 1.97. The molecule has 1 unspecified atom stereocenters. The highest BCUT2D eigenvalue weighted by Crippen LogP contribution is 2.23. The van der Waals surface area contributed by atoms with Gasteiger partial charge in [0.25, 0.3) is 0 Å². The van der Waals surface area contributed by atoms with E-state index in [0.29, 0.717) is 12.5 Å². The largest absolute Gasteiger partial charge is 0.399 e. The molecule has 1 heterocycles. The average molecular weight is 255 g/mol. The monoisotopic (exact) mass is 255 g/mol. The molecule has 1 aliphatic heterocycles. The van der Waals surface area contributed by atoms with E-state index in [-0.39, 0.29) is 11.4 Å². The van der Waals surface area contributed by atoms with Gasteiger partial charge in [-0.25, -0.2) is 8.78 Å². The average Bonchev–Trinajstić information content (AvgIpc) is 2.27. The van der Waals surface area contributed by atoms with Gasteiger partial charge in [0.15, 0.2) is 11.6 Å². The maximum absolute atomic E-state index is 13.5. The van der Waals surface area contributed by atoms with Gasteiger partial charge in [-0.3, -0.25) is 0 Å². The van der Waals surface area contributed by atoms with Crippen molar-refractivity contribution in [1.82, 2.24) is 4.90 Å². The molecule has 0 spiro atoms. The second-order valence-corrected chi connectivity index (χ2v) is 5.01. The Hall–Kier alpha value is -1.36. The maximum Gasteiger partial charge on any atom is 0.151 e. The van der Waals surface area contributed by atoms with Gasteiger partial charge < -0.3 is 16.0 Å². The molecule has 0 bridgehead atoms. The van der Waals surface area contributed by atoms with Gasteiger partial charge in [0, 0.05) is 18.8 Å². The lowest BCUT2D eigenvalue weighted by Gasteiger charge is -2.30. The van der Waals surface area contributed by atoms with Crippen LogP contribution in [0.15, 0.2) is 12.1 Å². The van der Waals surface area contributed by atoms with Crippen LogP contribution in [0, 0.1) is 17.6 Å². The Morgan fingerprint density at radius 3 is 2.67 bits per heavy atom. The normalized spacial score (nSPS) is 20.9. The second-order valence-electron chi connectivity index (χ2n) is 5.01. The summed E-state index contributed by atoms with van der Waals surface area (Å²) >= 11 is 0. The molecule has 1 aliphatic rings. The summed E-state index contributed by atoms with van der Waals surface area (Å²) in [6, 6.07) is 2.27. The molecule has 0 radical (unpaired) electrons. The van der Waals surface area contributed by atoms with Gasteiger partial charge in [0.05, 0.1) is 0 Å². The van der Waals surface area contributed by atoms with Crippen molar-refractivity contribution in [2.45, 2.75) is 12.8 Å². The fraction of sp³-hybridized carbons (Fsp3) is 0.538. The number of likely N-dealkylation sites (tertiary alicyclic amines) is 1. The summed E-state index contributed by atoms with van der Waals surface area (Å²) in [5.74, 6) is -0.826. The van der Waals surface area contributed by atoms with Crippen molar-refractivity contribution in [2.24, 2.45) is 5.92 Å². The van der Waals surface area contributed by atoms with E-state index in [4.69, 9.17) is 5.73 Å². The van der Waals surface area contributed by atoms with Crippen molar-refractivity contribution >= 4 is 11.4 Å². The predicted octanol–water partition coefficient (Wildman–Crippen LogP) is 2.30. The standard InChI is InChI=1S/C13H19F2N3/c1-18-4-2-3-9(8-18)7-17-13-11(14)5-10(16)6-12(13)15/h5-6,9,17H,2-4,7-8,16H2,1H3. The molecular weight excluding hydrogens is 236 g/mol. The summed E-state index contributed by atoms with van der Waals surface area (Å²) in [6.45, 7) is 2.65. The summed E-state index contributed by atoms with van der Waals surface area (Å²) in [5, 5.41) is 2.87. The zero-order chi connectivity index (χ0) is 13.1. The van der Waals surface area contributed by atoms with Crippen LogP contribution >= 0.6 is 0 Å². The number of nitrogens with one attached hydrogen (secondary N) is 1. The van der Waals surface area contributed by atoms with Crippen molar-refractivity contribution in [3.8, 4) is 0 Å². The smallest absolute Gasteiger partial charge is 0.151 e. The number of nitrogens with zero attached hydrogens (tertiary/aromatic N) is 1. The molecule has 0 saturated carbocycles. The van der Waals surface area contributed by atoms with Gasteiger partial charge in [0.1, 0.15) is 5.69 Å². The van der Waals surface area contributed by atoms with E-state index in [1.807, 2.05) is 0 Å². The first-order valence-electron chi connectivity index (χ1n) is 6.23. The number of hydrogen-bond acceptors (Lipinski definition) is 3. The fourth-order valence-corrected chi connectivity index (χ4v) is 2.45. The molecule has 1 saturated heterocycles. The molecule has 0 aliphatic carbocycles. The molecule has 18 heavy (non-hydrogen) atoms. The molecule has 1 aromatic carbocycles.